The van der Waals surface area contributed by atoms with E-state index < -0.39 is 6.10 Å². The number of furan rings is 1. The van der Waals surface area contributed by atoms with Crippen LogP contribution in [0, 0.1) is 6.92 Å². The summed E-state index contributed by atoms with van der Waals surface area (Å²) in [6.07, 6.45) is 1.27. The average Bonchev–Trinajstić information content (AvgIpc) is 2.75. The van der Waals surface area contributed by atoms with Gasteiger partial charge in [0.15, 0.2) is 5.22 Å². The molecule has 0 spiro atoms. The maximum absolute atomic E-state index is 9.87. The highest BCUT2D eigenvalue weighted by Crippen LogP contribution is 2.26. The molecule has 3 nitrogen and oxygen atoms in total. The minimum atomic E-state index is -0.655. The Morgan fingerprint density at radius 3 is 3.00 bits per heavy atom. The zero-order valence-corrected chi connectivity index (χ0v) is 9.68. The minimum absolute atomic E-state index is 0.245. The Labute approximate surface area is 96.3 Å². The predicted octanol–water partition coefficient (Wildman–Crippen LogP) is 2.97. The molecule has 2 aromatic rings. The summed E-state index contributed by atoms with van der Waals surface area (Å²) in [6.45, 7) is 1.94. The molecule has 80 valence electrons. The van der Waals surface area contributed by atoms with Gasteiger partial charge in [-0.2, -0.15) is 0 Å². The first kappa shape index (κ1) is 10.7. The molecule has 0 amide bonds. The molecule has 1 unspecified atom stereocenters. The first-order valence-electron chi connectivity index (χ1n) is 4.49. The quantitative estimate of drug-likeness (QED) is 0.902. The number of rotatable bonds is 3. The molecule has 0 saturated carbocycles. The summed E-state index contributed by atoms with van der Waals surface area (Å²) >= 11 is 7.33. The summed E-state index contributed by atoms with van der Waals surface area (Å²) in [5, 5.41) is 13.1. The highest BCUT2D eigenvalue weighted by atomic mass is 35.5. The van der Waals surface area contributed by atoms with Crippen molar-refractivity contribution < 1.29 is 9.52 Å². The second-order valence-electron chi connectivity index (χ2n) is 3.23. The van der Waals surface area contributed by atoms with Gasteiger partial charge in [-0.1, -0.05) is 0 Å². The molecule has 0 aliphatic carbocycles. The van der Waals surface area contributed by atoms with E-state index in [1.807, 2.05) is 12.3 Å². The van der Waals surface area contributed by atoms with Crippen molar-refractivity contribution >= 4 is 22.9 Å². The number of aryl methyl sites for hydroxylation is 1. The summed E-state index contributed by atoms with van der Waals surface area (Å²) in [6, 6.07) is 1.67. The van der Waals surface area contributed by atoms with Crippen molar-refractivity contribution in [2.75, 3.05) is 0 Å². The smallest absolute Gasteiger partial charge is 0.198 e. The van der Waals surface area contributed by atoms with Gasteiger partial charge < -0.3 is 9.52 Å². The Morgan fingerprint density at radius 2 is 2.47 bits per heavy atom. The molecule has 1 atom stereocenters. The van der Waals surface area contributed by atoms with Crippen LogP contribution in [0.15, 0.2) is 22.1 Å². The van der Waals surface area contributed by atoms with E-state index in [0.29, 0.717) is 12.0 Å². The van der Waals surface area contributed by atoms with Crippen molar-refractivity contribution in [3.8, 4) is 0 Å². The highest BCUT2D eigenvalue weighted by Gasteiger charge is 2.15. The Bertz CT molecular complexity index is 452. The Hall–Kier alpha value is -0.840. The van der Waals surface area contributed by atoms with Crippen LogP contribution >= 0.6 is 22.9 Å². The van der Waals surface area contributed by atoms with Crippen LogP contribution in [0.4, 0.5) is 0 Å². The summed E-state index contributed by atoms with van der Waals surface area (Å²) in [5.41, 5.74) is 1.49. The lowest BCUT2D eigenvalue weighted by atomic mass is 10.1. The van der Waals surface area contributed by atoms with E-state index in [1.165, 1.54) is 6.26 Å². The van der Waals surface area contributed by atoms with Crippen LogP contribution < -0.4 is 0 Å². The fourth-order valence-electron chi connectivity index (χ4n) is 1.35. The van der Waals surface area contributed by atoms with Crippen LogP contribution in [-0.4, -0.2) is 10.1 Å². The third kappa shape index (κ3) is 2.40. The maximum atomic E-state index is 9.87. The molecule has 0 saturated heterocycles. The molecule has 0 fully saturated rings. The monoisotopic (exact) mass is 243 g/mol. The molecule has 15 heavy (non-hydrogen) atoms. The van der Waals surface area contributed by atoms with Crippen molar-refractivity contribution in [1.29, 1.82) is 0 Å². The van der Waals surface area contributed by atoms with Crippen molar-refractivity contribution in [2.24, 2.45) is 0 Å². The fourth-order valence-corrected chi connectivity index (χ4v) is 2.22. The van der Waals surface area contributed by atoms with Crippen molar-refractivity contribution in [3.63, 3.8) is 0 Å². The van der Waals surface area contributed by atoms with E-state index in [-0.39, 0.29) is 5.22 Å². The fraction of sp³-hybridized carbons (Fsp3) is 0.300. The van der Waals surface area contributed by atoms with Crippen LogP contribution in [-0.2, 0) is 6.42 Å². The largest absolute Gasteiger partial charge is 0.453 e. The van der Waals surface area contributed by atoms with Crippen LogP contribution in [0.1, 0.15) is 22.4 Å². The number of hydrogen-bond donors (Lipinski definition) is 1. The zero-order chi connectivity index (χ0) is 10.8. The summed E-state index contributed by atoms with van der Waals surface area (Å²) in [5.74, 6) is 0. The number of thiazole rings is 1. The Kier molecular flexibility index (Phi) is 3.09. The second kappa shape index (κ2) is 4.35. The van der Waals surface area contributed by atoms with Crippen molar-refractivity contribution in [2.45, 2.75) is 19.4 Å². The first-order valence-corrected chi connectivity index (χ1v) is 5.74. The Morgan fingerprint density at radius 1 is 1.67 bits per heavy atom. The van der Waals surface area contributed by atoms with Gasteiger partial charge in [-0.05, 0) is 24.6 Å². The SMILES string of the molecule is Cc1nc(CC(O)c2ccoc2Cl)cs1. The number of halogens is 1. The molecule has 0 aliphatic heterocycles. The van der Waals surface area contributed by atoms with E-state index >= 15 is 0 Å². The zero-order valence-electron chi connectivity index (χ0n) is 8.11. The summed E-state index contributed by atoms with van der Waals surface area (Å²) in [4.78, 5) is 4.28. The van der Waals surface area contributed by atoms with Crippen LogP contribution in [0.5, 0.6) is 0 Å². The van der Waals surface area contributed by atoms with Gasteiger partial charge >= 0.3 is 0 Å². The summed E-state index contributed by atoms with van der Waals surface area (Å²) < 4.78 is 4.92. The second-order valence-corrected chi connectivity index (χ2v) is 4.63. The van der Waals surface area contributed by atoms with Crippen LogP contribution in [0.2, 0.25) is 5.22 Å². The molecular weight excluding hydrogens is 234 g/mol. The van der Waals surface area contributed by atoms with Gasteiger partial charge in [0.25, 0.3) is 0 Å². The normalized spacial score (nSPS) is 13.0. The molecule has 2 aromatic heterocycles. The average molecular weight is 244 g/mol. The lowest BCUT2D eigenvalue weighted by molar-refractivity contribution is 0.176. The molecule has 5 heteroatoms. The third-order valence-electron chi connectivity index (χ3n) is 2.07. The molecule has 0 aliphatic rings. The van der Waals surface area contributed by atoms with Crippen LogP contribution in [0.3, 0.4) is 0 Å². The number of nitrogens with zero attached hydrogens (tertiary/aromatic N) is 1. The molecule has 0 radical (unpaired) electrons. The van der Waals surface area contributed by atoms with E-state index in [1.54, 1.807) is 17.4 Å². The van der Waals surface area contributed by atoms with Gasteiger partial charge in [-0.15, -0.1) is 11.3 Å². The van der Waals surface area contributed by atoms with E-state index in [2.05, 4.69) is 4.98 Å². The predicted molar refractivity (Wildman–Crippen MR) is 59.2 cm³/mol. The number of aliphatic hydroxyl groups excluding tert-OH is 1. The molecule has 2 rings (SSSR count). The molecule has 1 N–H and O–H groups in total. The van der Waals surface area contributed by atoms with Gasteiger partial charge in [0.05, 0.1) is 23.1 Å². The molecule has 0 aromatic carbocycles. The van der Waals surface area contributed by atoms with Gasteiger partial charge in [-0.25, -0.2) is 4.98 Å². The highest BCUT2D eigenvalue weighted by molar-refractivity contribution is 7.09. The molecule has 0 bridgehead atoms. The lowest BCUT2D eigenvalue weighted by Gasteiger charge is -2.06. The minimum Gasteiger partial charge on any atom is -0.453 e. The lowest BCUT2D eigenvalue weighted by Crippen LogP contribution is -2.01. The summed E-state index contributed by atoms with van der Waals surface area (Å²) in [7, 11) is 0. The van der Waals surface area contributed by atoms with E-state index in [4.69, 9.17) is 16.0 Å². The first-order chi connectivity index (χ1) is 7.16. The van der Waals surface area contributed by atoms with Crippen LogP contribution in [0.25, 0.3) is 0 Å². The topological polar surface area (TPSA) is 46.3 Å². The van der Waals surface area contributed by atoms with Gasteiger partial charge in [0, 0.05) is 17.4 Å². The Balaban J connectivity index is 2.10. The standard InChI is InChI=1S/C10H10ClNO2S/c1-6-12-7(5-15-6)4-9(13)8-2-3-14-10(8)11/h2-3,5,9,13H,4H2,1H3. The van der Waals surface area contributed by atoms with E-state index in [9.17, 15) is 5.11 Å². The number of aliphatic hydroxyl groups is 1. The van der Waals surface area contributed by atoms with Crippen molar-refractivity contribution in [1.82, 2.24) is 4.98 Å². The molecule has 2 heterocycles. The third-order valence-corrected chi connectivity index (χ3v) is 3.20. The maximum Gasteiger partial charge on any atom is 0.198 e. The van der Waals surface area contributed by atoms with Gasteiger partial charge in [0.2, 0.25) is 0 Å². The number of hydrogen-bond acceptors (Lipinski definition) is 4. The van der Waals surface area contributed by atoms with Gasteiger partial charge in [0.1, 0.15) is 0 Å². The van der Waals surface area contributed by atoms with E-state index in [0.717, 1.165) is 10.7 Å². The molecular formula is C10H10ClNO2S. The number of aromatic nitrogens is 1. The van der Waals surface area contributed by atoms with Crippen molar-refractivity contribution in [3.05, 3.63) is 39.2 Å². The van der Waals surface area contributed by atoms with Gasteiger partial charge in [-0.3, -0.25) is 0 Å².